The Kier molecular flexibility index (Phi) is 5.15. The summed E-state index contributed by atoms with van der Waals surface area (Å²) in [6.07, 6.45) is -5.19. The SMILES string of the molecule is NCc1cccc(C(=O)NCCCC(F)(F)F)c1. The molecule has 6 heteroatoms. The van der Waals surface area contributed by atoms with Crippen LogP contribution in [-0.4, -0.2) is 18.6 Å². The molecule has 3 nitrogen and oxygen atoms in total. The van der Waals surface area contributed by atoms with Crippen LogP contribution in [0.2, 0.25) is 0 Å². The summed E-state index contributed by atoms with van der Waals surface area (Å²) in [4.78, 5) is 11.6. The van der Waals surface area contributed by atoms with Crippen LogP contribution < -0.4 is 11.1 Å². The first kappa shape index (κ1) is 14.5. The topological polar surface area (TPSA) is 55.1 Å². The van der Waals surface area contributed by atoms with Gasteiger partial charge in [0.25, 0.3) is 5.91 Å². The van der Waals surface area contributed by atoms with Gasteiger partial charge < -0.3 is 11.1 Å². The van der Waals surface area contributed by atoms with Crippen molar-refractivity contribution >= 4 is 5.91 Å². The van der Waals surface area contributed by atoms with Crippen molar-refractivity contribution in [3.05, 3.63) is 35.4 Å². The van der Waals surface area contributed by atoms with Gasteiger partial charge >= 0.3 is 6.18 Å². The summed E-state index contributed by atoms with van der Waals surface area (Å²) in [6, 6.07) is 6.69. The number of rotatable bonds is 5. The van der Waals surface area contributed by atoms with Crippen molar-refractivity contribution in [2.45, 2.75) is 25.6 Å². The normalized spacial score (nSPS) is 11.3. The predicted molar refractivity (Wildman–Crippen MR) is 62.0 cm³/mol. The number of alkyl halides is 3. The minimum absolute atomic E-state index is 0.00515. The van der Waals surface area contributed by atoms with Gasteiger partial charge in [0, 0.05) is 25.1 Å². The van der Waals surface area contributed by atoms with Crippen molar-refractivity contribution in [2.75, 3.05) is 6.54 Å². The molecule has 100 valence electrons. The van der Waals surface area contributed by atoms with E-state index in [0.717, 1.165) is 5.56 Å². The highest BCUT2D eigenvalue weighted by molar-refractivity contribution is 5.94. The zero-order valence-corrected chi connectivity index (χ0v) is 9.76. The largest absolute Gasteiger partial charge is 0.389 e. The van der Waals surface area contributed by atoms with Crippen molar-refractivity contribution in [3.63, 3.8) is 0 Å². The maximum absolute atomic E-state index is 11.9. The summed E-state index contributed by atoms with van der Waals surface area (Å²) in [5.41, 5.74) is 6.64. The Hall–Kier alpha value is -1.56. The molecule has 0 spiro atoms. The van der Waals surface area contributed by atoms with Gasteiger partial charge in [-0.25, -0.2) is 0 Å². The highest BCUT2D eigenvalue weighted by atomic mass is 19.4. The van der Waals surface area contributed by atoms with Gasteiger partial charge in [0.05, 0.1) is 0 Å². The average molecular weight is 260 g/mol. The van der Waals surface area contributed by atoms with E-state index in [-0.39, 0.29) is 18.9 Å². The molecule has 0 aliphatic rings. The summed E-state index contributed by atoms with van der Waals surface area (Å²) in [6.45, 7) is 0.320. The molecule has 1 rings (SSSR count). The minimum atomic E-state index is -4.18. The predicted octanol–water partition coefficient (Wildman–Crippen LogP) is 2.22. The summed E-state index contributed by atoms with van der Waals surface area (Å²) in [5.74, 6) is -0.382. The molecule has 0 radical (unpaired) electrons. The van der Waals surface area contributed by atoms with Crippen LogP contribution in [0.25, 0.3) is 0 Å². The molecule has 0 bridgehead atoms. The summed E-state index contributed by atoms with van der Waals surface area (Å²) >= 11 is 0. The van der Waals surface area contributed by atoms with E-state index in [9.17, 15) is 18.0 Å². The Balaban J connectivity index is 2.41. The van der Waals surface area contributed by atoms with Crippen LogP contribution in [0, 0.1) is 0 Å². The van der Waals surface area contributed by atoms with Gasteiger partial charge in [0.1, 0.15) is 0 Å². The van der Waals surface area contributed by atoms with Crippen LogP contribution in [0.4, 0.5) is 13.2 Å². The lowest BCUT2D eigenvalue weighted by Crippen LogP contribution is -2.25. The van der Waals surface area contributed by atoms with E-state index in [1.807, 2.05) is 0 Å². The van der Waals surface area contributed by atoms with Crippen LogP contribution in [0.1, 0.15) is 28.8 Å². The first-order chi connectivity index (χ1) is 8.42. The Morgan fingerprint density at radius 1 is 1.33 bits per heavy atom. The van der Waals surface area contributed by atoms with Gasteiger partial charge in [0.15, 0.2) is 0 Å². The Bertz CT molecular complexity index is 405. The minimum Gasteiger partial charge on any atom is -0.352 e. The third-order valence-corrected chi connectivity index (χ3v) is 2.35. The molecule has 0 saturated heterocycles. The smallest absolute Gasteiger partial charge is 0.352 e. The Morgan fingerprint density at radius 2 is 2.06 bits per heavy atom. The molecule has 0 atom stereocenters. The Morgan fingerprint density at radius 3 is 2.67 bits per heavy atom. The molecule has 3 N–H and O–H groups in total. The molecule has 0 saturated carbocycles. The molecule has 0 heterocycles. The van der Waals surface area contributed by atoms with Crippen molar-refractivity contribution in [1.29, 1.82) is 0 Å². The van der Waals surface area contributed by atoms with Crippen LogP contribution in [-0.2, 0) is 6.54 Å². The number of nitrogens with two attached hydrogens (primary N) is 1. The van der Waals surface area contributed by atoms with Crippen molar-refractivity contribution in [1.82, 2.24) is 5.32 Å². The number of hydrogen-bond donors (Lipinski definition) is 2. The van der Waals surface area contributed by atoms with Gasteiger partial charge in [-0.3, -0.25) is 4.79 Å². The first-order valence-corrected chi connectivity index (χ1v) is 5.56. The number of amides is 1. The fourth-order valence-electron chi connectivity index (χ4n) is 1.43. The number of halogens is 3. The number of hydrogen-bond acceptors (Lipinski definition) is 2. The summed E-state index contributed by atoms with van der Waals surface area (Å²) in [7, 11) is 0. The van der Waals surface area contributed by atoms with Crippen LogP contribution in [0.3, 0.4) is 0 Å². The fourth-order valence-corrected chi connectivity index (χ4v) is 1.43. The molecule has 0 aliphatic heterocycles. The van der Waals surface area contributed by atoms with E-state index in [0.29, 0.717) is 12.1 Å². The van der Waals surface area contributed by atoms with Crippen molar-refractivity contribution < 1.29 is 18.0 Å². The van der Waals surface area contributed by atoms with E-state index in [2.05, 4.69) is 5.32 Å². The first-order valence-electron chi connectivity index (χ1n) is 5.56. The van der Waals surface area contributed by atoms with Crippen molar-refractivity contribution in [2.24, 2.45) is 5.73 Å². The second-order valence-corrected chi connectivity index (χ2v) is 3.88. The van der Waals surface area contributed by atoms with Gasteiger partial charge in [-0.15, -0.1) is 0 Å². The van der Waals surface area contributed by atoms with Gasteiger partial charge in [0.2, 0.25) is 0 Å². The second kappa shape index (κ2) is 6.39. The van der Waals surface area contributed by atoms with E-state index in [1.165, 1.54) is 0 Å². The Labute approximate surface area is 103 Å². The lowest BCUT2D eigenvalue weighted by Gasteiger charge is -2.08. The number of carbonyl (C=O) groups is 1. The van der Waals surface area contributed by atoms with Crippen LogP contribution in [0.5, 0.6) is 0 Å². The number of benzene rings is 1. The fraction of sp³-hybridized carbons (Fsp3) is 0.417. The lowest BCUT2D eigenvalue weighted by molar-refractivity contribution is -0.135. The van der Waals surface area contributed by atoms with Crippen LogP contribution in [0.15, 0.2) is 24.3 Å². The lowest BCUT2D eigenvalue weighted by atomic mass is 10.1. The van der Waals surface area contributed by atoms with Gasteiger partial charge in [-0.05, 0) is 24.1 Å². The maximum Gasteiger partial charge on any atom is 0.389 e. The van der Waals surface area contributed by atoms with E-state index in [4.69, 9.17) is 5.73 Å². The molecular weight excluding hydrogens is 245 g/mol. The van der Waals surface area contributed by atoms with Gasteiger partial charge in [-0.2, -0.15) is 13.2 Å². The van der Waals surface area contributed by atoms with E-state index >= 15 is 0 Å². The van der Waals surface area contributed by atoms with Crippen LogP contribution >= 0.6 is 0 Å². The molecule has 0 fully saturated rings. The summed E-state index contributed by atoms with van der Waals surface area (Å²) in [5, 5.41) is 2.44. The molecule has 18 heavy (non-hydrogen) atoms. The third-order valence-electron chi connectivity index (χ3n) is 2.35. The highest BCUT2D eigenvalue weighted by Crippen LogP contribution is 2.20. The number of nitrogens with one attached hydrogen (secondary N) is 1. The average Bonchev–Trinajstić information content (AvgIpc) is 2.33. The van der Waals surface area contributed by atoms with E-state index < -0.39 is 12.6 Å². The molecule has 0 aliphatic carbocycles. The molecule has 1 amide bonds. The summed E-state index contributed by atoms with van der Waals surface area (Å²) < 4.78 is 35.6. The third kappa shape index (κ3) is 5.18. The molecule has 0 unspecified atom stereocenters. The highest BCUT2D eigenvalue weighted by Gasteiger charge is 2.25. The van der Waals surface area contributed by atoms with Crippen molar-refractivity contribution in [3.8, 4) is 0 Å². The molecule has 1 aromatic rings. The standard InChI is InChI=1S/C12H15F3N2O/c13-12(14,15)5-2-6-17-11(18)10-4-1-3-9(7-10)8-16/h1,3-4,7H,2,5-6,8,16H2,(H,17,18). The second-order valence-electron chi connectivity index (χ2n) is 3.88. The molecular formula is C12H15F3N2O. The quantitative estimate of drug-likeness (QED) is 0.797. The zero-order chi connectivity index (χ0) is 13.6. The van der Waals surface area contributed by atoms with Gasteiger partial charge in [-0.1, -0.05) is 12.1 Å². The number of carbonyl (C=O) groups excluding carboxylic acids is 1. The monoisotopic (exact) mass is 260 g/mol. The molecule has 1 aromatic carbocycles. The zero-order valence-electron chi connectivity index (χ0n) is 9.76. The van der Waals surface area contributed by atoms with E-state index in [1.54, 1.807) is 24.3 Å². The maximum atomic E-state index is 11.9. The molecule has 0 aromatic heterocycles.